The Bertz CT molecular complexity index is 369. The number of nitrogens with one attached hydrogen (secondary N) is 1. The minimum absolute atomic E-state index is 0.0348. The first-order valence-electron chi connectivity index (χ1n) is 8.23. The Kier molecular flexibility index (Phi) is 5.28. The Morgan fingerprint density at radius 3 is 2.81 bits per heavy atom. The highest BCUT2D eigenvalue weighted by molar-refractivity contribution is 5.80. The van der Waals surface area contributed by atoms with E-state index in [1.54, 1.807) is 0 Å². The van der Waals surface area contributed by atoms with Gasteiger partial charge in [-0.1, -0.05) is 12.8 Å². The van der Waals surface area contributed by atoms with Crippen molar-refractivity contribution < 1.29 is 9.53 Å². The number of amides is 1. The second-order valence-corrected chi connectivity index (χ2v) is 7.48. The lowest BCUT2D eigenvalue weighted by Crippen LogP contribution is -2.54. The summed E-state index contributed by atoms with van der Waals surface area (Å²) >= 11 is 0. The van der Waals surface area contributed by atoms with Crippen molar-refractivity contribution in [1.82, 2.24) is 10.2 Å². The summed E-state index contributed by atoms with van der Waals surface area (Å²) < 4.78 is 5.70. The summed E-state index contributed by atoms with van der Waals surface area (Å²) in [7, 11) is 0. The second-order valence-electron chi connectivity index (χ2n) is 7.48. The third kappa shape index (κ3) is 4.66. The number of hydrogen-bond acceptors (Lipinski definition) is 4. The van der Waals surface area contributed by atoms with Crippen LogP contribution in [0.4, 0.5) is 0 Å². The van der Waals surface area contributed by atoms with Crippen LogP contribution in [0.25, 0.3) is 0 Å². The summed E-state index contributed by atoms with van der Waals surface area (Å²) in [6, 6.07) is 0. The Labute approximate surface area is 128 Å². The standard InChI is InChI=1S/C16H31N3O2/c1-15(2)12-19(10-11-21-15)9-8-18-14(20)13-6-4-5-7-16(13,3)17/h13H,4-12,17H2,1-3H3,(H,18,20). The van der Waals surface area contributed by atoms with Gasteiger partial charge in [0.15, 0.2) is 0 Å². The Morgan fingerprint density at radius 2 is 2.14 bits per heavy atom. The second kappa shape index (κ2) is 6.63. The normalized spacial score (nSPS) is 33.6. The van der Waals surface area contributed by atoms with Gasteiger partial charge in [0.25, 0.3) is 0 Å². The molecular formula is C16H31N3O2. The van der Waals surface area contributed by atoms with Crippen LogP contribution in [0.5, 0.6) is 0 Å². The molecule has 1 saturated carbocycles. The number of carbonyl (C=O) groups excluding carboxylic acids is 1. The lowest BCUT2D eigenvalue weighted by molar-refractivity contribution is -0.128. The molecule has 1 aliphatic carbocycles. The average molecular weight is 297 g/mol. The molecule has 21 heavy (non-hydrogen) atoms. The van der Waals surface area contributed by atoms with Gasteiger partial charge in [-0.25, -0.2) is 0 Å². The van der Waals surface area contributed by atoms with Crippen LogP contribution in [-0.4, -0.2) is 54.7 Å². The lowest BCUT2D eigenvalue weighted by Gasteiger charge is -2.39. The maximum atomic E-state index is 12.3. The Balaban J connectivity index is 1.74. The zero-order valence-electron chi connectivity index (χ0n) is 13.8. The van der Waals surface area contributed by atoms with Crippen molar-refractivity contribution in [2.45, 2.75) is 57.6 Å². The fourth-order valence-electron chi connectivity index (χ4n) is 3.55. The van der Waals surface area contributed by atoms with Crippen molar-refractivity contribution >= 4 is 5.91 Å². The summed E-state index contributed by atoms with van der Waals surface area (Å²) in [5.74, 6) is 0.0969. The highest BCUT2D eigenvalue weighted by Gasteiger charge is 2.37. The van der Waals surface area contributed by atoms with Crippen LogP contribution in [0.2, 0.25) is 0 Å². The summed E-state index contributed by atoms with van der Waals surface area (Å²) in [4.78, 5) is 14.7. The van der Waals surface area contributed by atoms with Gasteiger partial charge in [-0.05, 0) is 33.6 Å². The van der Waals surface area contributed by atoms with Crippen molar-refractivity contribution in [2.24, 2.45) is 11.7 Å². The smallest absolute Gasteiger partial charge is 0.225 e. The van der Waals surface area contributed by atoms with Crippen LogP contribution in [0.3, 0.4) is 0 Å². The van der Waals surface area contributed by atoms with E-state index in [-0.39, 0.29) is 23.0 Å². The van der Waals surface area contributed by atoms with Crippen molar-refractivity contribution in [3.8, 4) is 0 Å². The number of nitrogens with two attached hydrogens (primary N) is 1. The van der Waals surface area contributed by atoms with Crippen LogP contribution in [0.1, 0.15) is 46.5 Å². The van der Waals surface area contributed by atoms with Crippen molar-refractivity contribution in [1.29, 1.82) is 0 Å². The first-order valence-corrected chi connectivity index (χ1v) is 8.23. The van der Waals surface area contributed by atoms with E-state index < -0.39 is 0 Å². The third-order valence-electron chi connectivity index (χ3n) is 4.80. The zero-order valence-corrected chi connectivity index (χ0v) is 13.8. The summed E-state index contributed by atoms with van der Waals surface area (Å²) in [6.45, 7) is 10.4. The summed E-state index contributed by atoms with van der Waals surface area (Å²) in [5.41, 5.74) is 5.86. The molecule has 0 radical (unpaired) electrons. The Hall–Kier alpha value is -0.650. The van der Waals surface area contributed by atoms with Gasteiger partial charge in [-0.15, -0.1) is 0 Å². The number of hydrogen-bond donors (Lipinski definition) is 2. The molecule has 2 unspecified atom stereocenters. The third-order valence-corrected chi connectivity index (χ3v) is 4.80. The highest BCUT2D eigenvalue weighted by Crippen LogP contribution is 2.31. The van der Waals surface area contributed by atoms with E-state index in [2.05, 4.69) is 24.1 Å². The van der Waals surface area contributed by atoms with Crippen LogP contribution < -0.4 is 11.1 Å². The molecule has 5 nitrogen and oxygen atoms in total. The SMILES string of the molecule is CC1(C)CN(CCNC(=O)C2CCCCC2(C)N)CCO1. The zero-order chi connectivity index (χ0) is 15.5. The van der Waals surface area contributed by atoms with E-state index in [0.717, 1.165) is 51.9 Å². The van der Waals surface area contributed by atoms with Gasteiger partial charge in [-0.3, -0.25) is 9.69 Å². The topological polar surface area (TPSA) is 67.6 Å². The van der Waals surface area contributed by atoms with Crippen LogP contribution in [-0.2, 0) is 9.53 Å². The van der Waals surface area contributed by atoms with Crippen molar-refractivity contribution in [3.63, 3.8) is 0 Å². The molecule has 122 valence electrons. The molecule has 2 aliphatic rings. The predicted molar refractivity (Wildman–Crippen MR) is 84.0 cm³/mol. The minimum Gasteiger partial charge on any atom is -0.373 e. The number of carbonyl (C=O) groups is 1. The van der Waals surface area contributed by atoms with Crippen LogP contribution in [0, 0.1) is 5.92 Å². The van der Waals surface area contributed by atoms with Gasteiger partial charge in [0.05, 0.1) is 18.1 Å². The molecule has 0 aromatic rings. The molecule has 1 heterocycles. The first kappa shape index (κ1) is 16.7. The average Bonchev–Trinajstić information content (AvgIpc) is 2.36. The molecule has 2 atom stereocenters. The van der Waals surface area contributed by atoms with E-state index in [0.29, 0.717) is 6.54 Å². The summed E-state index contributed by atoms with van der Waals surface area (Å²) in [5, 5.41) is 3.08. The highest BCUT2D eigenvalue weighted by atomic mass is 16.5. The molecule has 5 heteroatoms. The van der Waals surface area contributed by atoms with Crippen molar-refractivity contribution in [3.05, 3.63) is 0 Å². The lowest BCUT2D eigenvalue weighted by atomic mass is 9.74. The molecule has 2 fully saturated rings. The van der Waals surface area contributed by atoms with Gasteiger partial charge in [0.1, 0.15) is 0 Å². The van der Waals surface area contributed by atoms with E-state index in [9.17, 15) is 4.79 Å². The van der Waals surface area contributed by atoms with E-state index in [1.165, 1.54) is 0 Å². The molecular weight excluding hydrogens is 266 g/mol. The van der Waals surface area contributed by atoms with Gasteiger partial charge in [0, 0.05) is 31.7 Å². The molecule has 1 amide bonds. The monoisotopic (exact) mass is 297 g/mol. The Morgan fingerprint density at radius 1 is 1.38 bits per heavy atom. The van der Waals surface area contributed by atoms with Gasteiger partial charge < -0.3 is 15.8 Å². The fraction of sp³-hybridized carbons (Fsp3) is 0.938. The van der Waals surface area contributed by atoms with E-state index in [1.807, 2.05) is 6.92 Å². The molecule has 0 spiro atoms. The van der Waals surface area contributed by atoms with E-state index in [4.69, 9.17) is 10.5 Å². The number of rotatable bonds is 4. The number of morpholine rings is 1. The fourth-order valence-corrected chi connectivity index (χ4v) is 3.55. The molecule has 3 N–H and O–H groups in total. The van der Waals surface area contributed by atoms with Crippen LogP contribution in [0.15, 0.2) is 0 Å². The molecule has 2 rings (SSSR count). The quantitative estimate of drug-likeness (QED) is 0.816. The first-order chi connectivity index (χ1) is 9.80. The van der Waals surface area contributed by atoms with Gasteiger partial charge in [-0.2, -0.15) is 0 Å². The van der Waals surface area contributed by atoms with Gasteiger partial charge >= 0.3 is 0 Å². The largest absolute Gasteiger partial charge is 0.373 e. The minimum atomic E-state index is -0.344. The van der Waals surface area contributed by atoms with Crippen LogP contribution >= 0.6 is 0 Å². The molecule has 1 aliphatic heterocycles. The molecule has 0 aromatic heterocycles. The maximum absolute atomic E-state index is 12.3. The number of ether oxygens (including phenoxy) is 1. The number of nitrogens with zero attached hydrogens (tertiary/aromatic N) is 1. The molecule has 0 aromatic carbocycles. The molecule has 0 bridgehead atoms. The van der Waals surface area contributed by atoms with Crippen molar-refractivity contribution in [2.75, 3.05) is 32.8 Å². The maximum Gasteiger partial charge on any atom is 0.225 e. The summed E-state index contributed by atoms with van der Waals surface area (Å²) in [6.07, 6.45) is 4.12. The molecule has 1 saturated heterocycles. The van der Waals surface area contributed by atoms with Gasteiger partial charge in [0.2, 0.25) is 5.91 Å². The van der Waals surface area contributed by atoms with E-state index >= 15 is 0 Å². The predicted octanol–water partition coefficient (Wildman–Crippen LogP) is 1.12.